The molecule has 4 heterocycles. The Labute approximate surface area is 164 Å². The van der Waals surface area contributed by atoms with Gasteiger partial charge >= 0.3 is 0 Å². The second-order valence-corrected chi connectivity index (χ2v) is 7.14. The van der Waals surface area contributed by atoms with Gasteiger partial charge in [0.05, 0.1) is 26.4 Å². The number of aromatic nitrogens is 2. The SMILES string of the molecule is c1ccc(-c2cc3ccc(N4CCOCC4)nc3nc2N2CCOCC2)cc1. The topological polar surface area (TPSA) is 50.7 Å². The number of ether oxygens (including phenoxy) is 2. The fraction of sp³-hybridized carbons (Fsp3) is 0.364. The molecule has 2 fully saturated rings. The highest BCUT2D eigenvalue weighted by atomic mass is 16.5. The zero-order chi connectivity index (χ0) is 18.8. The first kappa shape index (κ1) is 17.4. The van der Waals surface area contributed by atoms with Gasteiger partial charge in [-0.15, -0.1) is 0 Å². The number of hydrogen-bond donors (Lipinski definition) is 0. The van der Waals surface area contributed by atoms with E-state index in [4.69, 9.17) is 19.4 Å². The molecule has 0 aliphatic carbocycles. The molecule has 6 nitrogen and oxygen atoms in total. The van der Waals surface area contributed by atoms with Crippen molar-refractivity contribution in [3.63, 3.8) is 0 Å². The molecule has 5 rings (SSSR count). The van der Waals surface area contributed by atoms with E-state index in [-0.39, 0.29) is 0 Å². The molecule has 3 aromatic rings. The lowest BCUT2D eigenvalue weighted by atomic mass is 10.0. The van der Waals surface area contributed by atoms with Crippen molar-refractivity contribution in [2.75, 3.05) is 62.4 Å². The Hall–Kier alpha value is -2.70. The lowest BCUT2D eigenvalue weighted by Crippen LogP contribution is -2.37. The Bertz CT molecular complexity index is 951. The van der Waals surface area contributed by atoms with Crippen molar-refractivity contribution in [2.45, 2.75) is 0 Å². The molecule has 144 valence electrons. The third-order valence-corrected chi connectivity index (χ3v) is 5.37. The van der Waals surface area contributed by atoms with Crippen molar-refractivity contribution in [3.05, 3.63) is 48.5 Å². The lowest BCUT2D eigenvalue weighted by Gasteiger charge is -2.30. The summed E-state index contributed by atoms with van der Waals surface area (Å²) in [5.41, 5.74) is 3.12. The Balaban J connectivity index is 1.61. The van der Waals surface area contributed by atoms with Crippen LogP contribution in [0, 0.1) is 0 Å². The molecule has 0 N–H and O–H groups in total. The highest BCUT2D eigenvalue weighted by Gasteiger charge is 2.20. The molecule has 2 saturated heterocycles. The highest BCUT2D eigenvalue weighted by molar-refractivity contribution is 5.88. The molecule has 2 aliphatic rings. The first-order valence-electron chi connectivity index (χ1n) is 9.91. The summed E-state index contributed by atoms with van der Waals surface area (Å²) >= 11 is 0. The Morgan fingerprint density at radius 1 is 0.714 bits per heavy atom. The minimum Gasteiger partial charge on any atom is -0.378 e. The number of benzene rings is 1. The van der Waals surface area contributed by atoms with E-state index < -0.39 is 0 Å². The average Bonchev–Trinajstić information content (AvgIpc) is 2.79. The van der Waals surface area contributed by atoms with E-state index in [0.717, 1.165) is 80.8 Å². The summed E-state index contributed by atoms with van der Waals surface area (Å²) in [7, 11) is 0. The largest absolute Gasteiger partial charge is 0.378 e. The van der Waals surface area contributed by atoms with Gasteiger partial charge < -0.3 is 19.3 Å². The molecule has 2 aromatic heterocycles. The molecule has 0 spiro atoms. The zero-order valence-electron chi connectivity index (χ0n) is 15.9. The molecule has 0 radical (unpaired) electrons. The summed E-state index contributed by atoms with van der Waals surface area (Å²) in [5.74, 6) is 1.97. The van der Waals surface area contributed by atoms with Crippen LogP contribution in [0.5, 0.6) is 0 Å². The van der Waals surface area contributed by atoms with Crippen molar-refractivity contribution < 1.29 is 9.47 Å². The van der Waals surface area contributed by atoms with Crippen LogP contribution in [-0.4, -0.2) is 62.6 Å². The number of nitrogens with zero attached hydrogens (tertiary/aromatic N) is 4. The maximum absolute atomic E-state index is 5.55. The first-order valence-corrected chi connectivity index (χ1v) is 9.91. The maximum Gasteiger partial charge on any atom is 0.163 e. The highest BCUT2D eigenvalue weighted by Crippen LogP contribution is 2.33. The fourth-order valence-corrected chi connectivity index (χ4v) is 3.85. The minimum atomic E-state index is 0.731. The summed E-state index contributed by atoms with van der Waals surface area (Å²) in [6.07, 6.45) is 0. The number of fused-ring (bicyclic) bond motifs is 1. The normalized spacial score (nSPS) is 17.9. The molecule has 0 atom stereocenters. The van der Waals surface area contributed by atoms with Gasteiger partial charge in [-0.25, -0.2) is 9.97 Å². The van der Waals surface area contributed by atoms with Gasteiger partial charge in [0.15, 0.2) is 5.65 Å². The molecule has 0 unspecified atom stereocenters. The van der Waals surface area contributed by atoms with Crippen molar-refractivity contribution in [3.8, 4) is 11.1 Å². The predicted octanol–water partition coefficient (Wildman–Crippen LogP) is 2.97. The van der Waals surface area contributed by atoms with Crippen molar-refractivity contribution >= 4 is 22.7 Å². The van der Waals surface area contributed by atoms with Crippen molar-refractivity contribution in [1.82, 2.24) is 9.97 Å². The molecule has 0 saturated carbocycles. The standard InChI is InChI=1S/C22H24N4O2/c1-2-4-17(5-3-1)19-16-18-6-7-20(25-8-12-27-13-9-25)23-21(18)24-22(19)26-10-14-28-15-11-26/h1-7,16H,8-15H2. The minimum absolute atomic E-state index is 0.731. The van der Waals surface area contributed by atoms with E-state index >= 15 is 0 Å². The quantitative estimate of drug-likeness (QED) is 0.701. The van der Waals surface area contributed by atoms with E-state index in [2.05, 4.69) is 52.3 Å². The van der Waals surface area contributed by atoms with Crippen LogP contribution in [0.15, 0.2) is 48.5 Å². The summed E-state index contributed by atoms with van der Waals surface area (Å²) in [4.78, 5) is 14.5. The summed E-state index contributed by atoms with van der Waals surface area (Å²) in [6.45, 7) is 6.40. The van der Waals surface area contributed by atoms with E-state index in [1.807, 2.05) is 6.07 Å². The monoisotopic (exact) mass is 376 g/mol. The van der Waals surface area contributed by atoms with Gasteiger partial charge in [0.2, 0.25) is 0 Å². The van der Waals surface area contributed by atoms with Crippen LogP contribution in [0.1, 0.15) is 0 Å². The number of morpholine rings is 2. The molecule has 6 heteroatoms. The average molecular weight is 376 g/mol. The van der Waals surface area contributed by atoms with Gasteiger partial charge in [0.25, 0.3) is 0 Å². The van der Waals surface area contributed by atoms with Crippen molar-refractivity contribution in [1.29, 1.82) is 0 Å². The van der Waals surface area contributed by atoms with E-state index in [1.54, 1.807) is 0 Å². The number of pyridine rings is 2. The van der Waals surface area contributed by atoms with Crippen LogP contribution >= 0.6 is 0 Å². The van der Waals surface area contributed by atoms with Gasteiger partial charge in [-0.05, 0) is 23.8 Å². The molecule has 0 amide bonds. The van der Waals surface area contributed by atoms with E-state index in [9.17, 15) is 0 Å². The van der Waals surface area contributed by atoms with Gasteiger partial charge in [-0.1, -0.05) is 30.3 Å². The van der Waals surface area contributed by atoms with Crippen LogP contribution in [-0.2, 0) is 9.47 Å². The van der Waals surface area contributed by atoms with Crippen LogP contribution < -0.4 is 9.80 Å². The molecule has 0 bridgehead atoms. The van der Waals surface area contributed by atoms with Crippen LogP contribution in [0.3, 0.4) is 0 Å². The number of hydrogen-bond acceptors (Lipinski definition) is 6. The van der Waals surface area contributed by atoms with E-state index in [1.165, 1.54) is 5.56 Å². The third-order valence-electron chi connectivity index (χ3n) is 5.37. The molecular weight excluding hydrogens is 352 g/mol. The summed E-state index contributed by atoms with van der Waals surface area (Å²) in [5, 5.41) is 1.06. The smallest absolute Gasteiger partial charge is 0.163 e. The zero-order valence-corrected chi connectivity index (χ0v) is 15.9. The lowest BCUT2D eigenvalue weighted by molar-refractivity contribution is 0.122. The van der Waals surface area contributed by atoms with E-state index in [0.29, 0.717) is 0 Å². The maximum atomic E-state index is 5.55. The van der Waals surface area contributed by atoms with Gasteiger partial charge in [-0.2, -0.15) is 0 Å². The van der Waals surface area contributed by atoms with Crippen LogP contribution in [0.2, 0.25) is 0 Å². The Morgan fingerprint density at radius 2 is 1.39 bits per heavy atom. The van der Waals surface area contributed by atoms with Crippen molar-refractivity contribution in [2.24, 2.45) is 0 Å². The Kier molecular flexibility index (Phi) is 4.81. The fourth-order valence-electron chi connectivity index (χ4n) is 3.85. The molecule has 1 aromatic carbocycles. The third kappa shape index (κ3) is 3.41. The number of rotatable bonds is 3. The van der Waals surface area contributed by atoms with Gasteiger partial charge in [-0.3, -0.25) is 0 Å². The predicted molar refractivity (Wildman–Crippen MR) is 111 cm³/mol. The second-order valence-electron chi connectivity index (χ2n) is 7.14. The second kappa shape index (κ2) is 7.73. The van der Waals surface area contributed by atoms with Crippen LogP contribution in [0.25, 0.3) is 22.2 Å². The van der Waals surface area contributed by atoms with Gasteiger partial charge in [0, 0.05) is 37.1 Å². The molecule has 2 aliphatic heterocycles. The summed E-state index contributed by atoms with van der Waals surface area (Å²) in [6, 6.07) is 16.9. The molecular formula is C22H24N4O2. The van der Waals surface area contributed by atoms with Gasteiger partial charge in [0.1, 0.15) is 11.6 Å². The molecule has 28 heavy (non-hydrogen) atoms. The Morgan fingerprint density at radius 3 is 2.11 bits per heavy atom. The first-order chi connectivity index (χ1) is 13.9. The number of anilines is 2. The van der Waals surface area contributed by atoms with Crippen LogP contribution in [0.4, 0.5) is 11.6 Å². The summed E-state index contributed by atoms with van der Waals surface area (Å²) < 4.78 is 11.0.